The molecular formula is C20H21N3O3S2. The van der Waals surface area contributed by atoms with E-state index in [1.54, 1.807) is 54.3 Å². The number of aryl methyl sites for hydroxylation is 2. The van der Waals surface area contributed by atoms with Gasteiger partial charge in [-0.15, -0.1) is 11.3 Å². The highest BCUT2D eigenvalue weighted by molar-refractivity contribution is 8.00. The van der Waals surface area contributed by atoms with Crippen LogP contribution in [0.4, 0.5) is 5.69 Å². The number of fused-ring (bicyclic) bond motifs is 3. The minimum Gasteiger partial charge on any atom is -0.497 e. The molecule has 0 bridgehead atoms. The lowest BCUT2D eigenvalue weighted by Crippen LogP contribution is -2.25. The van der Waals surface area contributed by atoms with Crippen LogP contribution in [0.15, 0.2) is 34.2 Å². The molecule has 3 aromatic rings. The number of amides is 1. The van der Waals surface area contributed by atoms with Gasteiger partial charge in [0.15, 0.2) is 5.16 Å². The van der Waals surface area contributed by atoms with Gasteiger partial charge in [-0.2, -0.15) is 0 Å². The minimum atomic E-state index is -0.399. The molecule has 0 unspecified atom stereocenters. The summed E-state index contributed by atoms with van der Waals surface area (Å²) < 4.78 is 6.69. The third-order valence-electron chi connectivity index (χ3n) is 4.91. The highest BCUT2D eigenvalue weighted by Gasteiger charge is 2.24. The predicted octanol–water partition coefficient (Wildman–Crippen LogP) is 3.61. The van der Waals surface area contributed by atoms with Gasteiger partial charge in [0.05, 0.1) is 17.7 Å². The van der Waals surface area contributed by atoms with E-state index >= 15 is 0 Å². The Bertz CT molecular complexity index is 1100. The second-order valence-electron chi connectivity index (χ2n) is 6.77. The van der Waals surface area contributed by atoms with Crippen LogP contribution in [0.1, 0.15) is 23.8 Å². The van der Waals surface area contributed by atoms with Crippen LogP contribution in [0, 0.1) is 0 Å². The van der Waals surface area contributed by atoms with E-state index in [-0.39, 0.29) is 11.5 Å². The van der Waals surface area contributed by atoms with Crippen molar-refractivity contribution in [3.05, 3.63) is 45.1 Å². The molecule has 0 radical (unpaired) electrons. The van der Waals surface area contributed by atoms with Crippen molar-refractivity contribution < 1.29 is 9.53 Å². The molecule has 1 aliphatic rings. The highest BCUT2D eigenvalue weighted by Crippen LogP contribution is 2.35. The molecule has 6 nitrogen and oxygen atoms in total. The molecule has 1 aromatic carbocycles. The third kappa shape index (κ3) is 3.42. The molecular weight excluding hydrogens is 394 g/mol. The Morgan fingerprint density at radius 1 is 1.32 bits per heavy atom. The van der Waals surface area contributed by atoms with E-state index in [0.29, 0.717) is 10.8 Å². The maximum Gasteiger partial charge on any atom is 0.262 e. The normalized spacial score (nSPS) is 14.1. The molecule has 1 aliphatic carbocycles. The van der Waals surface area contributed by atoms with E-state index in [2.05, 4.69) is 5.32 Å². The van der Waals surface area contributed by atoms with Crippen molar-refractivity contribution in [1.29, 1.82) is 0 Å². The van der Waals surface area contributed by atoms with Crippen LogP contribution in [0.3, 0.4) is 0 Å². The van der Waals surface area contributed by atoms with Crippen LogP contribution in [0.2, 0.25) is 0 Å². The monoisotopic (exact) mass is 415 g/mol. The number of carbonyl (C=O) groups excluding carboxylic acids is 1. The van der Waals surface area contributed by atoms with E-state index in [9.17, 15) is 9.59 Å². The summed E-state index contributed by atoms with van der Waals surface area (Å²) in [5.74, 6) is 0.592. The number of rotatable bonds is 5. The Balaban J connectivity index is 1.54. The number of thiophene rings is 1. The largest absolute Gasteiger partial charge is 0.497 e. The maximum atomic E-state index is 12.9. The van der Waals surface area contributed by atoms with Crippen molar-refractivity contribution >= 4 is 44.9 Å². The van der Waals surface area contributed by atoms with Gasteiger partial charge in [0.2, 0.25) is 5.91 Å². The van der Waals surface area contributed by atoms with Crippen LogP contribution in [-0.2, 0) is 24.7 Å². The lowest BCUT2D eigenvalue weighted by atomic mass is 10.2. The van der Waals surface area contributed by atoms with E-state index < -0.39 is 5.25 Å². The molecule has 28 heavy (non-hydrogen) atoms. The Hall–Kier alpha value is -2.32. The maximum absolute atomic E-state index is 12.9. The zero-order chi connectivity index (χ0) is 19.8. The lowest BCUT2D eigenvalue weighted by Gasteiger charge is -2.14. The second kappa shape index (κ2) is 7.60. The molecule has 2 aromatic heterocycles. The number of ether oxygens (including phenoxy) is 1. The molecule has 1 atom stereocenters. The summed E-state index contributed by atoms with van der Waals surface area (Å²) in [5, 5.41) is 3.82. The Kier molecular flexibility index (Phi) is 5.16. The van der Waals surface area contributed by atoms with Crippen molar-refractivity contribution in [3.8, 4) is 5.75 Å². The quantitative estimate of drug-likeness (QED) is 0.509. The summed E-state index contributed by atoms with van der Waals surface area (Å²) in [5.41, 5.74) is 1.86. The van der Waals surface area contributed by atoms with Crippen molar-refractivity contribution in [2.45, 2.75) is 36.6 Å². The van der Waals surface area contributed by atoms with Gasteiger partial charge in [-0.1, -0.05) is 11.8 Å². The summed E-state index contributed by atoms with van der Waals surface area (Å²) >= 11 is 2.91. The fourth-order valence-electron chi connectivity index (χ4n) is 3.34. The molecule has 0 fully saturated rings. The number of carbonyl (C=O) groups is 1. The van der Waals surface area contributed by atoms with E-state index in [1.807, 2.05) is 6.92 Å². The molecule has 1 amide bonds. The molecule has 2 heterocycles. The topological polar surface area (TPSA) is 73.2 Å². The minimum absolute atomic E-state index is 0.0188. The standard InChI is InChI=1S/C20H21N3O3S2/c1-11(17(24)21-12-7-9-13(26-3)10-8-12)27-20-22-18-16(19(25)23(20)2)14-5-4-6-15(14)28-18/h7-11H,4-6H2,1-3H3,(H,21,24)/t11-/m0/s1. The van der Waals surface area contributed by atoms with Crippen molar-refractivity contribution in [1.82, 2.24) is 9.55 Å². The van der Waals surface area contributed by atoms with Crippen LogP contribution >= 0.6 is 23.1 Å². The molecule has 146 valence electrons. The van der Waals surface area contributed by atoms with E-state index in [1.165, 1.54) is 22.2 Å². The summed E-state index contributed by atoms with van der Waals surface area (Å²) in [7, 11) is 3.33. The highest BCUT2D eigenvalue weighted by atomic mass is 32.2. The third-order valence-corrected chi connectivity index (χ3v) is 7.24. The van der Waals surface area contributed by atoms with Gasteiger partial charge in [-0.05, 0) is 56.0 Å². The molecule has 0 saturated carbocycles. The Morgan fingerprint density at radius 3 is 2.79 bits per heavy atom. The number of thioether (sulfide) groups is 1. The first-order valence-electron chi connectivity index (χ1n) is 9.10. The first kappa shape index (κ1) is 19.0. The van der Waals surface area contributed by atoms with Gasteiger partial charge in [-0.3, -0.25) is 14.2 Å². The number of methoxy groups -OCH3 is 1. The summed E-state index contributed by atoms with van der Waals surface area (Å²) in [4.78, 5) is 32.2. The van der Waals surface area contributed by atoms with Gasteiger partial charge in [0.1, 0.15) is 10.6 Å². The number of hydrogen-bond acceptors (Lipinski definition) is 6. The lowest BCUT2D eigenvalue weighted by molar-refractivity contribution is -0.115. The Morgan fingerprint density at radius 2 is 2.07 bits per heavy atom. The molecule has 1 N–H and O–H groups in total. The zero-order valence-corrected chi connectivity index (χ0v) is 17.6. The Labute approximate surface area is 170 Å². The second-order valence-corrected chi connectivity index (χ2v) is 9.17. The summed E-state index contributed by atoms with van der Waals surface area (Å²) in [6.07, 6.45) is 3.10. The van der Waals surface area contributed by atoms with Gasteiger partial charge < -0.3 is 10.1 Å². The zero-order valence-electron chi connectivity index (χ0n) is 15.9. The fourth-order valence-corrected chi connectivity index (χ4v) is 5.52. The number of benzene rings is 1. The van der Waals surface area contributed by atoms with Crippen LogP contribution < -0.4 is 15.6 Å². The van der Waals surface area contributed by atoms with Crippen LogP contribution in [-0.4, -0.2) is 27.8 Å². The molecule has 0 spiro atoms. The van der Waals surface area contributed by atoms with E-state index in [4.69, 9.17) is 9.72 Å². The molecule has 0 aliphatic heterocycles. The average Bonchev–Trinajstić information content (AvgIpc) is 3.27. The van der Waals surface area contributed by atoms with Crippen molar-refractivity contribution in [2.24, 2.45) is 7.05 Å². The predicted molar refractivity (Wildman–Crippen MR) is 114 cm³/mol. The molecule has 4 rings (SSSR count). The number of anilines is 1. The number of aromatic nitrogens is 2. The average molecular weight is 416 g/mol. The van der Waals surface area contributed by atoms with Crippen molar-refractivity contribution in [3.63, 3.8) is 0 Å². The van der Waals surface area contributed by atoms with Crippen LogP contribution in [0.5, 0.6) is 5.75 Å². The SMILES string of the molecule is COc1ccc(NC(=O)[C@H](C)Sc2nc3sc4c(c3c(=O)n2C)CCC4)cc1. The van der Waals surface area contributed by atoms with Gasteiger partial charge >= 0.3 is 0 Å². The molecule has 8 heteroatoms. The first-order chi connectivity index (χ1) is 13.5. The first-order valence-corrected chi connectivity index (χ1v) is 10.8. The fraction of sp³-hybridized carbons (Fsp3) is 0.350. The number of nitrogens with zero attached hydrogens (tertiary/aromatic N) is 2. The van der Waals surface area contributed by atoms with Gasteiger partial charge in [-0.25, -0.2) is 4.98 Å². The number of nitrogens with one attached hydrogen (secondary N) is 1. The summed E-state index contributed by atoms with van der Waals surface area (Å²) in [6, 6.07) is 7.17. The van der Waals surface area contributed by atoms with E-state index in [0.717, 1.165) is 35.2 Å². The summed E-state index contributed by atoms with van der Waals surface area (Å²) in [6.45, 7) is 1.81. The van der Waals surface area contributed by atoms with Gasteiger partial charge in [0.25, 0.3) is 5.56 Å². The van der Waals surface area contributed by atoms with Crippen molar-refractivity contribution in [2.75, 3.05) is 12.4 Å². The number of hydrogen-bond donors (Lipinski definition) is 1. The van der Waals surface area contributed by atoms with Gasteiger partial charge in [0, 0.05) is 17.6 Å². The van der Waals surface area contributed by atoms with Crippen LogP contribution in [0.25, 0.3) is 10.2 Å². The molecule has 0 saturated heterocycles. The smallest absolute Gasteiger partial charge is 0.262 e.